The summed E-state index contributed by atoms with van der Waals surface area (Å²) in [5.74, 6) is 0.878. The third kappa shape index (κ3) is 3.31. The lowest BCUT2D eigenvalue weighted by Gasteiger charge is -2.27. The van der Waals surface area contributed by atoms with Crippen molar-refractivity contribution in [1.29, 1.82) is 0 Å². The van der Waals surface area contributed by atoms with Gasteiger partial charge in [0, 0.05) is 25.5 Å². The van der Waals surface area contributed by atoms with Crippen LogP contribution in [0.5, 0.6) is 0 Å². The molecule has 0 spiro atoms. The highest BCUT2D eigenvalue weighted by Gasteiger charge is 2.14. The molecule has 0 unspecified atom stereocenters. The molecule has 0 radical (unpaired) electrons. The number of anilines is 2. The van der Waals surface area contributed by atoms with E-state index in [1.807, 2.05) is 6.07 Å². The van der Waals surface area contributed by atoms with Gasteiger partial charge in [0.15, 0.2) is 17.3 Å². The minimum atomic E-state index is -0.340. The maximum atomic E-state index is 12.0. The molecule has 0 aromatic carbocycles. The third-order valence-electron chi connectivity index (χ3n) is 3.37. The molecule has 1 fully saturated rings. The summed E-state index contributed by atoms with van der Waals surface area (Å²) in [6, 6.07) is 3.52. The van der Waals surface area contributed by atoms with Crippen LogP contribution in [-0.2, 0) is 0 Å². The van der Waals surface area contributed by atoms with Gasteiger partial charge in [0.25, 0.3) is 5.91 Å². The van der Waals surface area contributed by atoms with E-state index < -0.39 is 0 Å². The van der Waals surface area contributed by atoms with E-state index in [1.54, 1.807) is 12.3 Å². The highest BCUT2D eigenvalue weighted by atomic mass is 16.2. The molecule has 1 amide bonds. The number of nitrogens with zero attached hydrogens (tertiary/aromatic N) is 5. The number of nitrogens with one attached hydrogen (secondary N) is 1. The lowest BCUT2D eigenvalue weighted by atomic mass is 10.1. The molecule has 0 saturated carbocycles. The molecule has 3 rings (SSSR count). The third-order valence-corrected chi connectivity index (χ3v) is 3.37. The topological polar surface area (TPSA) is 83.9 Å². The van der Waals surface area contributed by atoms with Crippen molar-refractivity contribution in [3.8, 4) is 0 Å². The number of rotatable bonds is 3. The van der Waals surface area contributed by atoms with E-state index in [0.29, 0.717) is 5.82 Å². The van der Waals surface area contributed by atoms with E-state index in [9.17, 15) is 4.79 Å². The van der Waals surface area contributed by atoms with E-state index in [0.717, 1.165) is 18.9 Å². The molecule has 2 aromatic heterocycles. The highest BCUT2D eigenvalue weighted by molar-refractivity contribution is 6.02. The molecule has 1 aliphatic heterocycles. The minimum absolute atomic E-state index is 0.265. The van der Waals surface area contributed by atoms with Crippen LogP contribution in [0.4, 0.5) is 11.6 Å². The molecule has 1 N–H and O–H groups in total. The summed E-state index contributed by atoms with van der Waals surface area (Å²) in [6.07, 6.45) is 8.16. The second-order valence-corrected chi connectivity index (χ2v) is 4.87. The van der Waals surface area contributed by atoms with E-state index in [1.165, 1.54) is 31.7 Å². The van der Waals surface area contributed by atoms with Crippen LogP contribution in [0.1, 0.15) is 29.8 Å². The van der Waals surface area contributed by atoms with Crippen molar-refractivity contribution in [2.45, 2.75) is 19.3 Å². The Labute approximate surface area is 122 Å². The van der Waals surface area contributed by atoms with Crippen molar-refractivity contribution in [1.82, 2.24) is 20.2 Å². The van der Waals surface area contributed by atoms with Gasteiger partial charge in [-0.05, 0) is 31.4 Å². The van der Waals surface area contributed by atoms with Crippen LogP contribution in [0.25, 0.3) is 0 Å². The molecular formula is C14H16N6O. The van der Waals surface area contributed by atoms with E-state index in [-0.39, 0.29) is 11.6 Å². The minimum Gasteiger partial charge on any atom is -0.355 e. The van der Waals surface area contributed by atoms with Gasteiger partial charge in [-0.15, -0.1) is 10.2 Å². The van der Waals surface area contributed by atoms with E-state index in [4.69, 9.17) is 0 Å². The van der Waals surface area contributed by atoms with Gasteiger partial charge in [0.2, 0.25) is 0 Å². The summed E-state index contributed by atoms with van der Waals surface area (Å²) in [5.41, 5.74) is 0.265. The zero-order valence-electron chi connectivity index (χ0n) is 11.6. The van der Waals surface area contributed by atoms with Gasteiger partial charge in [-0.25, -0.2) is 4.98 Å². The zero-order chi connectivity index (χ0) is 14.5. The summed E-state index contributed by atoms with van der Waals surface area (Å²) in [6.45, 7) is 2.00. The van der Waals surface area contributed by atoms with Crippen LogP contribution in [0.3, 0.4) is 0 Å². The van der Waals surface area contributed by atoms with Crippen LogP contribution < -0.4 is 10.2 Å². The normalized spacial score (nSPS) is 14.8. The first kappa shape index (κ1) is 13.4. The average Bonchev–Trinajstić information content (AvgIpc) is 2.57. The highest BCUT2D eigenvalue weighted by Crippen LogP contribution is 2.16. The molecule has 0 bridgehead atoms. The summed E-state index contributed by atoms with van der Waals surface area (Å²) < 4.78 is 0. The Morgan fingerprint density at radius 3 is 2.62 bits per heavy atom. The van der Waals surface area contributed by atoms with Crippen molar-refractivity contribution < 1.29 is 4.79 Å². The summed E-state index contributed by atoms with van der Waals surface area (Å²) in [7, 11) is 0. The maximum absolute atomic E-state index is 12.0. The fourth-order valence-electron chi connectivity index (χ4n) is 2.28. The van der Waals surface area contributed by atoms with Crippen molar-refractivity contribution >= 4 is 17.5 Å². The molecule has 108 valence electrons. The van der Waals surface area contributed by atoms with Gasteiger partial charge < -0.3 is 10.2 Å². The number of piperidine rings is 1. The van der Waals surface area contributed by atoms with E-state index >= 15 is 0 Å². The number of amides is 1. The molecule has 2 aromatic rings. The van der Waals surface area contributed by atoms with Gasteiger partial charge in [0.05, 0.1) is 6.20 Å². The SMILES string of the molecule is O=C(Nc1cnccn1)c1ccc(N2CCCCC2)nn1. The second-order valence-electron chi connectivity index (χ2n) is 4.87. The van der Waals surface area contributed by atoms with Gasteiger partial charge >= 0.3 is 0 Å². The fraction of sp³-hybridized carbons (Fsp3) is 0.357. The van der Waals surface area contributed by atoms with Gasteiger partial charge in [-0.3, -0.25) is 9.78 Å². The quantitative estimate of drug-likeness (QED) is 0.919. The lowest BCUT2D eigenvalue weighted by molar-refractivity contribution is 0.102. The Balaban J connectivity index is 1.67. The first-order valence-corrected chi connectivity index (χ1v) is 6.99. The predicted molar refractivity (Wildman–Crippen MR) is 78.1 cm³/mol. The number of carbonyl (C=O) groups is 1. The smallest absolute Gasteiger partial charge is 0.277 e. The van der Waals surface area contributed by atoms with Crippen molar-refractivity contribution in [3.05, 3.63) is 36.4 Å². The van der Waals surface area contributed by atoms with E-state index in [2.05, 4.69) is 30.4 Å². The first-order chi connectivity index (χ1) is 10.3. The largest absolute Gasteiger partial charge is 0.355 e. The number of aromatic nitrogens is 4. The number of carbonyl (C=O) groups excluding carboxylic acids is 1. The maximum Gasteiger partial charge on any atom is 0.277 e. The molecule has 3 heterocycles. The molecule has 7 heteroatoms. The van der Waals surface area contributed by atoms with Crippen LogP contribution in [0.2, 0.25) is 0 Å². The Hall–Kier alpha value is -2.57. The zero-order valence-corrected chi connectivity index (χ0v) is 11.6. The molecule has 1 aliphatic rings. The fourth-order valence-corrected chi connectivity index (χ4v) is 2.28. The first-order valence-electron chi connectivity index (χ1n) is 6.99. The molecule has 1 saturated heterocycles. The summed E-state index contributed by atoms with van der Waals surface area (Å²) in [5, 5.41) is 10.8. The Morgan fingerprint density at radius 1 is 1.10 bits per heavy atom. The molecular weight excluding hydrogens is 268 g/mol. The van der Waals surface area contributed by atoms with Crippen molar-refractivity contribution in [2.24, 2.45) is 0 Å². The van der Waals surface area contributed by atoms with Crippen molar-refractivity contribution in [2.75, 3.05) is 23.3 Å². The van der Waals surface area contributed by atoms with Gasteiger partial charge in [-0.1, -0.05) is 0 Å². The van der Waals surface area contributed by atoms with Crippen molar-refractivity contribution in [3.63, 3.8) is 0 Å². The van der Waals surface area contributed by atoms with Crippen LogP contribution in [0.15, 0.2) is 30.7 Å². The van der Waals surface area contributed by atoms with Crippen LogP contribution in [-0.4, -0.2) is 39.2 Å². The summed E-state index contributed by atoms with van der Waals surface area (Å²) >= 11 is 0. The molecule has 0 atom stereocenters. The van der Waals surface area contributed by atoms with Crippen LogP contribution in [0, 0.1) is 0 Å². The molecule has 0 aliphatic carbocycles. The summed E-state index contributed by atoms with van der Waals surface area (Å²) in [4.78, 5) is 22.1. The second kappa shape index (κ2) is 6.25. The average molecular weight is 284 g/mol. The monoisotopic (exact) mass is 284 g/mol. The Morgan fingerprint density at radius 2 is 1.95 bits per heavy atom. The lowest BCUT2D eigenvalue weighted by Crippen LogP contribution is -2.30. The van der Waals surface area contributed by atoms with Gasteiger partial charge in [-0.2, -0.15) is 0 Å². The number of hydrogen-bond acceptors (Lipinski definition) is 6. The Kier molecular flexibility index (Phi) is 3.99. The molecule has 7 nitrogen and oxygen atoms in total. The molecule has 21 heavy (non-hydrogen) atoms. The standard InChI is InChI=1S/C14H16N6O/c21-14(17-12-10-15-6-7-16-12)11-4-5-13(19-18-11)20-8-2-1-3-9-20/h4-7,10H,1-3,8-9H2,(H,16,17,21). The van der Waals surface area contributed by atoms with Gasteiger partial charge in [0.1, 0.15) is 0 Å². The number of hydrogen-bond donors (Lipinski definition) is 1. The predicted octanol–water partition coefficient (Wildman–Crippen LogP) is 1.51. The van der Waals surface area contributed by atoms with Crippen LogP contribution >= 0.6 is 0 Å². The Bertz CT molecular complexity index is 595.